The average Bonchev–Trinajstić information content (AvgIpc) is 2.94. The molecule has 22 heavy (non-hydrogen) atoms. The van der Waals surface area contributed by atoms with Crippen molar-refractivity contribution >= 4 is 34.3 Å². The molecule has 0 radical (unpaired) electrons. The molecule has 4 heteroatoms. The Bertz CT molecular complexity index is 794. The first-order chi connectivity index (χ1) is 10.8. The number of thioether (sulfide) groups is 1. The second-order valence-electron chi connectivity index (χ2n) is 5.58. The van der Waals surface area contributed by atoms with E-state index in [1.165, 1.54) is 27.1 Å². The number of rotatable bonds is 3. The number of hydrogen-bond acceptors (Lipinski definition) is 2. The first kappa shape index (κ1) is 14.2. The third-order valence-corrected chi connectivity index (χ3v) is 5.55. The van der Waals surface area contributed by atoms with Gasteiger partial charge in [0, 0.05) is 32.3 Å². The van der Waals surface area contributed by atoms with E-state index in [0.29, 0.717) is 6.04 Å². The number of aromatic amines is 1. The topological polar surface area (TPSA) is 27.8 Å². The van der Waals surface area contributed by atoms with E-state index in [0.717, 1.165) is 23.7 Å². The maximum Gasteiger partial charge on any atom is 0.0571 e. The molecule has 0 aliphatic carbocycles. The zero-order valence-electron chi connectivity index (χ0n) is 12.1. The summed E-state index contributed by atoms with van der Waals surface area (Å²) < 4.78 is 0. The monoisotopic (exact) mass is 328 g/mol. The molecule has 1 aromatic heterocycles. The Morgan fingerprint density at radius 3 is 2.77 bits per heavy atom. The second kappa shape index (κ2) is 5.99. The summed E-state index contributed by atoms with van der Waals surface area (Å²) in [7, 11) is 0. The Hall–Kier alpha value is -1.42. The summed E-state index contributed by atoms with van der Waals surface area (Å²) in [6, 6.07) is 17.0. The van der Waals surface area contributed by atoms with Crippen LogP contribution < -0.4 is 5.32 Å². The van der Waals surface area contributed by atoms with Gasteiger partial charge in [0.05, 0.1) is 6.04 Å². The highest BCUT2D eigenvalue weighted by molar-refractivity contribution is 7.99. The molecular weight excluding hydrogens is 312 g/mol. The molecule has 112 valence electrons. The molecule has 0 spiro atoms. The highest BCUT2D eigenvalue weighted by Gasteiger charge is 2.23. The van der Waals surface area contributed by atoms with E-state index in [9.17, 15) is 0 Å². The van der Waals surface area contributed by atoms with Gasteiger partial charge in [-0.3, -0.25) is 0 Å². The van der Waals surface area contributed by atoms with Gasteiger partial charge in [0.15, 0.2) is 0 Å². The van der Waals surface area contributed by atoms with Crippen molar-refractivity contribution in [3.63, 3.8) is 0 Å². The summed E-state index contributed by atoms with van der Waals surface area (Å²) in [5.74, 6) is 1.02. The smallest absolute Gasteiger partial charge is 0.0571 e. The van der Waals surface area contributed by atoms with Crippen molar-refractivity contribution in [2.75, 3.05) is 12.3 Å². The third kappa shape index (κ3) is 2.65. The maximum atomic E-state index is 5.95. The molecule has 0 fully saturated rings. The van der Waals surface area contributed by atoms with Crippen molar-refractivity contribution in [3.05, 3.63) is 64.8 Å². The minimum absolute atomic E-state index is 0.372. The molecule has 1 aliphatic heterocycles. The normalized spacial score (nSPS) is 17.6. The van der Waals surface area contributed by atoms with Crippen LogP contribution in [0.15, 0.2) is 53.4 Å². The second-order valence-corrected chi connectivity index (χ2v) is 7.11. The van der Waals surface area contributed by atoms with Crippen LogP contribution in [-0.4, -0.2) is 17.3 Å². The van der Waals surface area contributed by atoms with E-state index in [-0.39, 0.29) is 0 Å². The predicted molar refractivity (Wildman–Crippen MR) is 94.9 cm³/mol. The molecule has 1 atom stereocenters. The molecule has 3 aromatic rings. The zero-order chi connectivity index (χ0) is 14.9. The molecule has 2 aromatic carbocycles. The van der Waals surface area contributed by atoms with E-state index >= 15 is 0 Å². The predicted octanol–water partition coefficient (Wildman–Crippen LogP) is 4.80. The summed E-state index contributed by atoms with van der Waals surface area (Å²) in [6.45, 7) is 1.04. The van der Waals surface area contributed by atoms with Crippen LogP contribution in [0.1, 0.15) is 17.3 Å². The van der Waals surface area contributed by atoms with Crippen molar-refractivity contribution in [1.29, 1.82) is 0 Å². The first-order valence-electron chi connectivity index (χ1n) is 7.52. The number of hydrogen-bond donors (Lipinski definition) is 2. The fourth-order valence-corrected chi connectivity index (χ4v) is 4.21. The van der Waals surface area contributed by atoms with Crippen molar-refractivity contribution < 1.29 is 0 Å². The van der Waals surface area contributed by atoms with Gasteiger partial charge in [-0.1, -0.05) is 29.8 Å². The van der Waals surface area contributed by atoms with Gasteiger partial charge in [0.2, 0.25) is 0 Å². The van der Waals surface area contributed by atoms with Gasteiger partial charge in [-0.25, -0.2) is 0 Å². The highest BCUT2D eigenvalue weighted by atomic mass is 35.5. The maximum absolute atomic E-state index is 5.95. The Labute approximate surface area is 139 Å². The van der Waals surface area contributed by atoms with Crippen LogP contribution in [0, 0.1) is 0 Å². The Morgan fingerprint density at radius 1 is 1.09 bits per heavy atom. The number of halogens is 1. The first-order valence-corrected chi connectivity index (χ1v) is 8.89. The molecule has 1 aliphatic rings. The van der Waals surface area contributed by atoms with Gasteiger partial charge in [-0.15, -0.1) is 11.8 Å². The number of para-hydroxylation sites is 1. The van der Waals surface area contributed by atoms with Gasteiger partial charge < -0.3 is 10.3 Å². The minimum Gasteiger partial charge on any atom is -0.357 e. The van der Waals surface area contributed by atoms with Crippen molar-refractivity contribution in [2.24, 2.45) is 0 Å². The van der Waals surface area contributed by atoms with Gasteiger partial charge in [0.1, 0.15) is 0 Å². The average molecular weight is 329 g/mol. The number of nitrogens with one attached hydrogen (secondary N) is 2. The van der Waals surface area contributed by atoms with Crippen LogP contribution in [0.5, 0.6) is 0 Å². The number of H-pyrrole nitrogens is 1. The number of benzene rings is 2. The molecule has 2 N–H and O–H groups in total. The Morgan fingerprint density at radius 2 is 1.91 bits per heavy atom. The summed E-state index contributed by atoms with van der Waals surface area (Å²) in [6.07, 6.45) is 1.10. The molecule has 4 rings (SSSR count). The SMILES string of the molecule is Clc1ccc(SCC2NCCc3c2[nH]c2ccccc32)cc1. The lowest BCUT2D eigenvalue weighted by Crippen LogP contribution is -2.31. The van der Waals surface area contributed by atoms with Crippen molar-refractivity contribution in [2.45, 2.75) is 17.4 Å². The lowest BCUT2D eigenvalue weighted by molar-refractivity contribution is 0.540. The molecule has 0 saturated carbocycles. The van der Waals surface area contributed by atoms with E-state index in [1.54, 1.807) is 0 Å². The molecule has 0 saturated heterocycles. The van der Waals surface area contributed by atoms with Crippen LogP contribution in [0.25, 0.3) is 10.9 Å². The van der Waals surface area contributed by atoms with Gasteiger partial charge in [-0.2, -0.15) is 0 Å². The fourth-order valence-electron chi connectivity index (χ4n) is 3.11. The summed E-state index contributed by atoms with van der Waals surface area (Å²) >= 11 is 7.81. The van der Waals surface area contributed by atoms with Crippen LogP contribution in [0.4, 0.5) is 0 Å². The number of aromatic nitrogens is 1. The molecule has 0 amide bonds. The van der Waals surface area contributed by atoms with Crippen molar-refractivity contribution in [1.82, 2.24) is 10.3 Å². The fraction of sp³-hybridized carbons (Fsp3) is 0.222. The standard InChI is InChI=1S/C18H17ClN2S/c19-12-5-7-13(8-6-12)22-11-17-18-15(9-10-20-17)14-3-1-2-4-16(14)21-18/h1-8,17,20-21H,9-11H2. The summed E-state index contributed by atoms with van der Waals surface area (Å²) in [5.41, 5.74) is 4.09. The largest absolute Gasteiger partial charge is 0.357 e. The highest BCUT2D eigenvalue weighted by Crippen LogP contribution is 2.33. The minimum atomic E-state index is 0.372. The van der Waals surface area contributed by atoms with E-state index in [4.69, 9.17) is 11.6 Å². The summed E-state index contributed by atoms with van der Waals surface area (Å²) in [5, 5.41) is 5.81. The molecule has 2 heterocycles. The van der Waals surface area contributed by atoms with E-state index < -0.39 is 0 Å². The van der Waals surface area contributed by atoms with Crippen LogP contribution in [0.2, 0.25) is 5.02 Å². The lowest BCUT2D eigenvalue weighted by Gasteiger charge is -2.24. The van der Waals surface area contributed by atoms with Gasteiger partial charge >= 0.3 is 0 Å². The lowest BCUT2D eigenvalue weighted by atomic mass is 10.0. The zero-order valence-corrected chi connectivity index (χ0v) is 13.7. The summed E-state index contributed by atoms with van der Waals surface area (Å²) in [4.78, 5) is 4.87. The quantitative estimate of drug-likeness (QED) is 0.676. The Kier molecular flexibility index (Phi) is 3.87. The van der Waals surface area contributed by atoms with E-state index in [2.05, 4.69) is 46.7 Å². The third-order valence-electron chi connectivity index (χ3n) is 4.19. The van der Waals surface area contributed by atoms with Gasteiger partial charge in [-0.05, 0) is 48.9 Å². The van der Waals surface area contributed by atoms with Crippen molar-refractivity contribution in [3.8, 4) is 0 Å². The molecule has 1 unspecified atom stereocenters. The van der Waals surface area contributed by atoms with E-state index in [1.807, 2.05) is 23.9 Å². The van der Waals surface area contributed by atoms with Crippen LogP contribution >= 0.6 is 23.4 Å². The Balaban J connectivity index is 1.58. The number of fused-ring (bicyclic) bond motifs is 3. The molecule has 2 nitrogen and oxygen atoms in total. The van der Waals surface area contributed by atoms with Gasteiger partial charge in [0.25, 0.3) is 0 Å². The molecular formula is C18H17ClN2S. The van der Waals surface area contributed by atoms with Crippen LogP contribution in [-0.2, 0) is 6.42 Å². The van der Waals surface area contributed by atoms with Crippen LogP contribution in [0.3, 0.4) is 0 Å². The molecule has 0 bridgehead atoms.